The number of allylic oxidation sites excluding steroid dienone is 8. The van der Waals surface area contributed by atoms with Gasteiger partial charge in [0.25, 0.3) is 0 Å². The molecule has 4 heterocycles. The standard InChI is InChI=1S/C77H91N13O15S2/c1-45-25-27-46(28-26-45)39-53(74(104)105)85-71(101)56-44-107-106-43-55(68(98)81-41-63(93)82-51(21-15-35-80-75(78)79)69(99)84-52(40-65(96)97)70(100)86-54(42-91)73(103)90-36-16-22-59(90)72(102)87-56)83-62(92)33-37-88-57-31-29-47-17-11-13-19-49(47)66(57)76(2,3)60(88)23-9-7-6-8-10-24-61-77(4,5)67-50-20-14-12-18-48(50)30-32-58(67)89(61)38-34-64(94)95/h6-14,17-20,23-32,51-56,59,91H,15-16,21-22,33-44H2,1-5H3,(H13-,78,79,80,81,82,83,84,85,86,87,92,93,94,95,96,97,98,99,100,101,102,104,105)/t51-,52-,53-,54-,55+,56-,59?/m0/s1. The third kappa shape index (κ3) is 20.2. The van der Waals surface area contributed by atoms with Gasteiger partial charge in [-0.1, -0.05) is 150 Å². The number of aliphatic hydroxyl groups excluding tert-OH is 1. The number of amides is 8. The number of guanidine groups is 1. The van der Waals surface area contributed by atoms with E-state index in [4.69, 9.17) is 11.1 Å². The fraction of sp³-hybridized carbons (Fsp3) is 0.390. The van der Waals surface area contributed by atoms with E-state index in [1.807, 2.05) is 120 Å². The lowest BCUT2D eigenvalue weighted by atomic mass is 9.79. The molecule has 1 unspecified atom stereocenters. The first-order valence-corrected chi connectivity index (χ1v) is 37.8. The molecular weight excluding hydrogens is 1410 g/mol. The van der Waals surface area contributed by atoms with Gasteiger partial charge in [-0.25, -0.2) is 4.79 Å². The van der Waals surface area contributed by atoms with Crippen LogP contribution in [0.25, 0.3) is 21.5 Å². The molecule has 9 rings (SSSR count). The summed E-state index contributed by atoms with van der Waals surface area (Å²) in [5.41, 5.74) is 11.5. The van der Waals surface area contributed by atoms with Gasteiger partial charge in [-0.2, -0.15) is 4.58 Å². The molecule has 4 aliphatic heterocycles. The Hall–Kier alpha value is -10.8. The summed E-state index contributed by atoms with van der Waals surface area (Å²) in [6.45, 7) is 8.71. The second kappa shape index (κ2) is 36.4. The summed E-state index contributed by atoms with van der Waals surface area (Å²) in [6, 6.07) is 20.2. The molecule has 4 aliphatic rings. The van der Waals surface area contributed by atoms with Gasteiger partial charge in [-0.05, 0) is 97.3 Å². The Balaban J connectivity index is 0.986. The number of hydrogen-bond donors (Lipinski definition) is 13. The molecular formula is C77H91N13O15S2. The molecule has 14 N–H and O–H groups in total. The van der Waals surface area contributed by atoms with E-state index in [1.165, 1.54) is 0 Å². The zero-order valence-electron chi connectivity index (χ0n) is 60.1. The number of carbonyl (C=O) groups excluding carboxylic acids is 9. The Labute approximate surface area is 626 Å². The highest BCUT2D eigenvalue weighted by Crippen LogP contribution is 2.51. The monoisotopic (exact) mass is 1500 g/mol. The summed E-state index contributed by atoms with van der Waals surface area (Å²) >= 11 is 0. The van der Waals surface area contributed by atoms with Crippen molar-refractivity contribution < 1.29 is 77.7 Å². The number of hydrogen-bond acceptors (Lipinski definition) is 17. The maximum atomic E-state index is 14.6. The molecule has 5 aromatic rings. The van der Waals surface area contributed by atoms with Crippen LogP contribution in [-0.2, 0) is 70.0 Å². The van der Waals surface area contributed by atoms with Gasteiger partial charge >= 0.3 is 11.9 Å². The topological polar surface area (TPSA) is 427 Å². The van der Waals surface area contributed by atoms with E-state index in [2.05, 4.69) is 82.4 Å². The van der Waals surface area contributed by atoms with E-state index in [1.54, 1.807) is 24.3 Å². The Morgan fingerprint density at radius 3 is 2.09 bits per heavy atom. The average Bonchev–Trinajstić information content (AvgIpc) is 1.58. The van der Waals surface area contributed by atoms with Crippen molar-refractivity contribution in [2.75, 3.05) is 55.7 Å². The number of nitrogens with two attached hydrogens (primary N) is 1. The van der Waals surface area contributed by atoms with Crippen LogP contribution in [-0.4, -0.2) is 195 Å². The molecule has 0 aliphatic carbocycles. The molecule has 0 saturated carbocycles. The predicted molar refractivity (Wildman–Crippen MR) is 406 cm³/mol. The van der Waals surface area contributed by atoms with Crippen LogP contribution >= 0.6 is 21.6 Å². The first kappa shape index (κ1) is 80.3. The Morgan fingerprint density at radius 2 is 1.41 bits per heavy atom. The van der Waals surface area contributed by atoms with Crippen molar-refractivity contribution >= 4 is 131 Å². The number of benzene rings is 5. The fourth-order valence-corrected chi connectivity index (χ4v) is 16.3. The molecule has 2 fully saturated rings. The summed E-state index contributed by atoms with van der Waals surface area (Å²) < 4.78 is 2.04. The van der Waals surface area contributed by atoms with Crippen molar-refractivity contribution in [1.29, 1.82) is 5.41 Å². The van der Waals surface area contributed by atoms with E-state index in [9.17, 15) is 73.2 Å². The van der Waals surface area contributed by atoms with Crippen molar-refractivity contribution in [3.05, 3.63) is 168 Å². The molecule has 0 bridgehead atoms. The maximum Gasteiger partial charge on any atom is 0.326 e. The molecule has 0 aromatic heterocycles. The van der Waals surface area contributed by atoms with Crippen molar-refractivity contribution in [2.45, 2.75) is 139 Å². The SMILES string of the molecule is Cc1ccc(C[C@H](NC(=O)[C@@H]2CSSC[C@@H](NC(=O)CCN3/C(=C/C=C/C=C/C=C/C4=[N+](CCC(=O)[O-])c5ccc6ccccc6c5C4(C)C)C(C)(C)c4c3ccc3ccccc43)C(=O)NCC(=O)N[C@@H](CCCNC(=N)N)C(=O)N[C@@H](CC(=O)O)C(=O)N[C@@H](CO)C(=O)N3CCCC3C(=O)N2)C(=O)O)cc1. The zero-order valence-corrected chi connectivity index (χ0v) is 61.7. The summed E-state index contributed by atoms with van der Waals surface area (Å²) in [6.07, 6.45) is 12.0. The van der Waals surface area contributed by atoms with Gasteiger partial charge in [-0.15, -0.1) is 0 Å². The Bertz CT molecular complexity index is 4420. The first-order valence-electron chi connectivity index (χ1n) is 35.3. The fourth-order valence-electron chi connectivity index (χ4n) is 14.0. The van der Waals surface area contributed by atoms with Crippen molar-refractivity contribution in [2.24, 2.45) is 5.73 Å². The number of anilines is 1. The second-order valence-electron chi connectivity index (χ2n) is 27.6. The van der Waals surface area contributed by atoms with Gasteiger partial charge in [-0.3, -0.25) is 48.6 Å². The predicted octanol–water partition coefficient (Wildman–Crippen LogP) is 3.03. The number of nitrogens with one attached hydrogen (secondary N) is 9. The van der Waals surface area contributed by atoms with Gasteiger partial charge in [0.2, 0.25) is 52.9 Å². The highest BCUT2D eigenvalue weighted by molar-refractivity contribution is 8.76. The van der Waals surface area contributed by atoms with Crippen molar-refractivity contribution in [1.82, 2.24) is 47.4 Å². The third-order valence-corrected chi connectivity index (χ3v) is 21.7. The summed E-state index contributed by atoms with van der Waals surface area (Å²) in [5, 5.41) is 74.5. The summed E-state index contributed by atoms with van der Waals surface area (Å²) in [4.78, 5) is 154. The molecule has 30 heteroatoms. The number of carboxylic acids is 3. The lowest BCUT2D eigenvalue weighted by molar-refractivity contribution is -0.439. The van der Waals surface area contributed by atoms with Crippen LogP contribution in [0, 0.1) is 12.3 Å². The largest absolute Gasteiger partial charge is 0.550 e. The number of aryl methyl sites for hydroxylation is 1. The van der Waals surface area contributed by atoms with Crippen LogP contribution in [0.15, 0.2) is 145 Å². The van der Waals surface area contributed by atoms with Crippen molar-refractivity contribution in [3.8, 4) is 0 Å². The average molecular weight is 1500 g/mol. The van der Waals surface area contributed by atoms with E-state index < -0.39 is 144 Å². The lowest BCUT2D eigenvalue weighted by Crippen LogP contribution is -2.60. The molecule has 5 aromatic carbocycles. The summed E-state index contributed by atoms with van der Waals surface area (Å²) in [7, 11) is 1.96. The van der Waals surface area contributed by atoms with E-state index in [0.29, 0.717) is 5.56 Å². The molecule has 8 amide bonds. The number of aliphatic carboxylic acids is 3. The smallest absolute Gasteiger partial charge is 0.326 e. The van der Waals surface area contributed by atoms with Crippen LogP contribution in [0.2, 0.25) is 0 Å². The number of carbonyl (C=O) groups is 11. The second-order valence-corrected chi connectivity index (χ2v) is 30.2. The highest BCUT2D eigenvalue weighted by atomic mass is 33.1. The van der Waals surface area contributed by atoms with Crippen LogP contribution in [0.1, 0.15) is 94.9 Å². The van der Waals surface area contributed by atoms with Crippen LogP contribution < -0.4 is 58.3 Å². The quantitative estimate of drug-likeness (QED) is 0.0112. The molecule has 0 radical (unpaired) electrons. The van der Waals surface area contributed by atoms with E-state index in [-0.39, 0.29) is 82.6 Å². The molecule has 566 valence electrons. The maximum absolute atomic E-state index is 14.6. The third-order valence-electron chi connectivity index (χ3n) is 19.3. The number of aliphatic hydroxyl groups is 1. The van der Waals surface area contributed by atoms with Crippen LogP contribution in [0.4, 0.5) is 11.4 Å². The van der Waals surface area contributed by atoms with E-state index >= 15 is 0 Å². The van der Waals surface area contributed by atoms with Crippen LogP contribution in [0.5, 0.6) is 0 Å². The lowest BCUT2D eigenvalue weighted by Gasteiger charge is -2.30. The van der Waals surface area contributed by atoms with Gasteiger partial charge in [0.15, 0.2) is 18.2 Å². The number of carboxylic acid groups (broad SMARTS) is 3. The summed E-state index contributed by atoms with van der Waals surface area (Å²) in [5.74, 6) is -12.5. The minimum absolute atomic E-state index is 0.0246. The zero-order chi connectivity index (χ0) is 77.3. The minimum Gasteiger partial charge on any atom is -0.550 e. The van der Waals surface area contributed by atoms with Gasteiger partial charge in [0.05, 0.1) is 25.0 Å². The van der Waals surface area contributed by atoms with Gasteiger partial charge in [0.1, 0.15) is 42.3 Å². The first-order chi connectivity index (χ1) is 51.1. The minimum atomic E-state index is -1.92. The normalized spacial score (nSPS) is 21.7. The number of fused-ring (bicyclic) bond motifs is 7. The molecule has 28 nitrogen and oxygen atoms in total. The van der Waals surface area contributed by atoms with Gasteiger partial charge < -0.3 is 83.3 Å². The van der Waals surface area contributed by atoms with E-state index in [0.717, 1.165) is 87.5 Å². The molecule has 0 spiro atoms. The Kier molecular flexibility index (Phi) is 27.3. The van der Waals surface area contributed by atoms with Crippen molar-refractivity contribution in [3.63, 3.8) is 0 Å². The highest BCUT2D eigenvalue weighted by Gasteiger charge is 2.47. The molecule has 7 atom stereocenters. The number of rotatable bonds is 23. The van der Waals surface area contributed by atoms with Crippen LogP contribution in [0.3, 0.4) is 0 Å². The number of nitrogens with zero attached hydrogens (tertiary/aromatic N) is 3. The van der Waals surface area contributed by atoms with Gasteiger partial charge in [0, 0.05) is 90.9 Å². The molecule has 2 saturated heterocycles. The Morgan fingerprint density at radius 1 is 0.757 bits per heavy atom. The molecule has 107 heavy (non-hydrogen) atoms.